The normalized spacial score (nSPS) is 11.6. The molecule has 2 aromatic carbocycles. The number of aliphatic hydroxyl groups is 2. The molecule has 18 nitrogen and oxygen atoms in total. The number of aromatic nitrogens is 4. The fraction of sp³-hybridized carbons (Fsp3) is 0.353. The van der Waals surface area contributed by atoms with Crippen LogP contribution >= 0.6 is 0 Å². The number of carbonyl (C=O) groups is 3. The van der Waals surface area contributed by atoms with E-state index in [2.05, 4.69) is 40.9 Å². The lowest BCUT2D eigenvalue weighted by atomic mass is 9.92. The van der Waals surface area contributed by atoms with Crippen molar-refractivity contribution in [2.24, 2.45) is 10.9 Å². The van der Waals surface area contributed by atoms with Gasteiger partial charge in [-0.3, -0.25) is 24.5 Å². The summed E-state index contributed by atoms with van der Waals surface area (Å²) in [5.74, 6) is -2.34. The maximum atomic E-state index is 13.3. The van der Waals surface area contributed by atoms with Gasteiger partial charge in [-0.1, -0.05) is 12.1 Å². The predicted octanol–water partition coefficient (Wildman–Crippen LogP) is 1.58. The summed E-state index contributed by atoms with van der Waals surface area (Å²) < 4.78 is 6.01. The molecule has 2 heterocycles. The molecule has 0 aliphatic heterocycles. The van der Waals surface area contributed by atoms with E-state index in [9.17, 15) is 24.5 Å². The molecular formula is C34H40N10O8. The number of ether oxygens (including phenoxy) is 1. The maximum absolute atomic E-state index is 13.3. The molecule has 274 valence electrons. The van der Waals surface area contributed by atoms with E-state index in [0.29, 0.717) is 23.3 Å². The second-order valence-corrected chi connectivity index (χ2v) is 11.6. The molecule has 0 radical (unpaired) electrons. The summed E-state index contributed by atoms with van der Waals surface area (Å²) in [7, 11) is 3.61. The molecule has 1 atom stereocenters. The molecule has 18 heteroatoms. The molecule has 0 aliphatic rings. The number of nitro groups is 1. The molecule has 2 amide bonds. The Kier molecular flexibility index (Phi) is 14.4. The van der Waals surface area contributed by atoms with Gasteiger partial charge in [0.2, 0.25) is 17.7 Å². The minimum absolute atomic E-state index is 0.00232. The molecule has 0 bridgehead atoms. The van der Waals surface area contributed by atoms with Crippen LogP contribution in [0.4, 0.5) is 17.3 Å². The number of non-ortho nitro benzene ring substituents is 1. The maximum Gasteiger partial charge on any atom is 0.269 e. The van der Waals surface area contributed by atoms with E-state index >= 15 is 0 Å². The number of nitro benzene ring substituents is 1. The van der Waals surface area contributed by atoms with Crippen LogP contribution in [0.25, 0.3) is 11.2 Å². The van der Waals surface area contributed by atoms with Crippen LogP contribution in [-0.2, 0) is 22.6 Å². The molecule has 0 aliphatic carbocycles. The van der Waals surface area contributed by atoms with Crippen LogP contribution in [0.2, 0.25) is 0 Å². The lowest BCUT2D eigenvalue weighted by Gasteiger charge is -2.16. The summed E-state index contributed by atoms with van der Waals surface area (Å²) in [6.45, 7) is -0.0819. The number of nitrogens with zero attached hydrogens (tertiary/aromatic N) is 7. The van der Waals surface area contributed by atoms with Crippen LogP contribution in [0, 0.1) is 16.0 Å². The van der Waals surface area contributed by atoms with Crippen molar-refractivity contribution in [3.63, 3.8) is 0 Å². The van der Waals surface area contributed by atoms with Gasteiger partial charge in [0.05, 0.1) is 49.5 Å². The van der Waals surface area contributed by atoms with Crippen LogP contribution in [0.5, 0.6) is 5.88 Å². The average molecular weight is 717 g/mol. The first-order chi connectivity index (χ1) is 25.1. The van der Waals surface area contributed by atoms with Crippen LogP contribution in [0.1, 0.15) is 34.5 Å². The van der Waals surface area contributed by atoms with Crippen molar-refractivity contribution in [2.75, 3.05) is 52.3 Å². The Morgan fingerprint density at radius 1 is 1.00 bits per heavy atom. The minimum Gasteiger partial charge on any atom is -0.476 e. The van der Waals surface area contributed by atoms with Crippen molar-refractivity contribution < 1.29 is 34.3 Å². The van der Waals surface area contributed by atoms with Gasteiger partial charge in [0.15, 0.2) is 16.9 Å². The highest BCUT2D eigenvalue weighted by Gasteiger charge is 2.28. The Morgan fingerprint density at radius 3 is 2.38 bits per heavy atom. The number of rotatable bonds is 20. The molecular weight excluding hydrogens is 676 g/mol. The number of hydrogen-bond acceptors (Lipinski definition) is 14. The van der Waals surface area contributed by atoms with Crippen molar-refractivity contribution >= 4 is 52.4 Å². The van der Waals surface area contributed by atoms with Gasteiger partial charge in [-0.25, -0.2) is 15.0 Å². The Balaban J connectivity index is 1.46. The first-order valence-electron chi connectivity index (χ1n) is 16.3. The number of amides is 2. The summed E-state index contributed by atoms with van der Waals surface area (Å²) >= 11 is 0. The van der Waals surface area contributed by atoms with E-state index in [1.807, 2.05) is 0 Å². The quantitative estimate of drug-likeness (QED) is 0.0218. The second kappa shape index (κ2) is 19.3. The topological polar surface area (TPSA) is 247 Å². The van der Waals surface area contributed by atoms with E-state index in [1.54, 1.807) is 61.6 Å². The predicted molar refractivity (Wildman–Crippen MR) is 190 cm³/mol. The molecule has 0 spiro atoms. The van der Waals surface area contributed by atoms with E-state index < -0.39 is 28.4 Å². The molecule has 4 rings (SSSR count). The van der Waals surface area contributed by atoms with Gasteiger partial charge in [0.1, 0.15) is 5.92 Å². The van der Waals surface area contributed by atoms with Crippen molar-refractivity contribution in [3.05, 3.63) is 81.7 Å². The number of carbonyl (C=O) groups excluding carboxylic acids is 3. The highest BCUT2D eigenvalue weighted by molar-refractivity contribution is 6.10. The smallest absolute Gasteiger partial charge is 0.269 e. The molecule has 0 saturated carbocycles. The monoisotopic (exact) mass is 716 g/mol. The van der Waals surface area contributed by atoms with Gasteiger partial charge in [-0.15, -0.1) is 0 Å². The number of aliphatic imine (C=N–C) groups is 1. The van der Waals surface area contributed by atoms with Crippen molar-refractivity contribution in [1.29, 1.82) is 0 Å². The summed E-state index contributed by atoms with van der Waals surface area (Å²) in [6, 6.07) is 12.7. The Morgan fingerprint density at radius 2 is 1.71 bits per heavy atom. The van der Waals surface area contributed by atoms with E-state index in [-0.39, 0.29) is 81.0 Å². The van der Waals surface area contributed by atoms with Crippen LogP contribution in [0.15, 0.2) is 59.7 Å². The third-order valence-corrected chi connectivity index (χ3v) is 7.38. The van der Waals surface area contributed by atoms with Crippen molar-refractivity contribution in [1.82, 2.24) is 35.5 Å². The first kappa shape index (κ1) is 38.7. The molecule has 2 aromatic heterocycles. The van der Waals surface area contributed by atoms with Gasteiger partial charge in [0.25, 0.3) is 11.6 Å². The van der Waals surface area contributed by atoms with Crippen LogP contribution < -0.4 is 20.7 Å². The zero-order chi connectivity index (χ0) is 37.5. The lowest BCUT2D eigenvalue weighted by Crippen LogP contribution is -2.38. The molecule has 0 saturated heterocycles. The van der Waals surface area contributed by atoms with Crippen molar-refractivity contribution in [3.8, 4) is 5.88 Å². The van der Waals surface area contributed by atoms with Gasteiger partial charge in [0, 0.05) is 63.4 Å². The Hall–Kier alpha value is -6.14. The third kappa shape index (κ3) is 11.5. The third-order valence-electron chi connectivity index (χ3n) is 7.38. The van der Waals surface area contributed by atoms with Crippen LogP contribution in [-0.4, -0.2) is 111 Å². The zero-order valence-corrected chi connectivity index (χ0v) is 28.7. The van der Waals surface area contributed by atoms with E-state index in [4.69, 9.17) is 14.9 Å². The lowest BCUT2D eigenvalue weighted by molar-refractivity contribution is -0.384. The highest BCUT2D eigenvalue weighted by atomic mass is 16.6. The van der Waals surface area contributed by atoms with Gasteiger partial charge >= 0.3 is 0 Å². The summed E-state index contributed by atoms with van der Waals surface area (Å²) in [5, 5.41) is 37.2. The van der Waals surface area contributed by atoms with Crippen LogP contribution in [0.3, 0.4) is 0 Å². The molecule has 4 aromatic rings. The number of fused-ring (bicyclic) bond motifs is 1. The number of benzene rings is 2. The zero-order valence-electron chi connectivity index (χ0n) is 28.7. The Labute approximate surface area is 298 Å². The Bertz CT molecular complexity index is 1870. The standard InChI is InChI=1S/C34H40N10O8/c1-43(2)21-39-34-41-31-29(33(42-34)52-18-13-22-3-9-26(10-4-22)44(50)51)40-25(20-38-31)19-37-24-7-5-23(6-8-24)30(48)27(32(49)36-15-17-46)11-12-28(47)35-14-16-45/h3-10,20-21,27,37,45-46H,11-19H2,1-2H3,(H,35,47)(H,36,49)/b39-21+. The first-order valence-corrected chi connectivity index (χ1v) is 16.3. The summed E-state index contributed by atoms with van der Waals surface area (Å²) in [5.41, 5.74) is 2.84. The molecule has 1 unspecified atom stereocenters. The number of nitrogens with one attached hydrogen (secondary N) is 3. The molecule has 52 heavy (non-hydrogen) atoms. The number of Topliss-reactive ketones (excluding diaryl/α,β-unsaturated/α-hetero) is 1. The number of ketones is 1. The second-order valence-electron chi connectivity index (χ2n) is 11.6. The average Bonchev–Trinajstić information content (AvgIpc) is 3.14. The SMILES string of the molecule is CN(C)/C=N/c1nc(OCCc2ccc([N+](=O)[O-])cc2)c2nc(CNc3ccc(C(=O)C(CCC(=O)NCCO)C(=O)NCCO)cc3)cnc2n1. The van der Waals surface area contributed by atoms with Gasteiger partial charge < -0.3 is 35.8 Å². The van der Waals surface area contributed by atoms with E-state index in [1.165, 1.54) is 18.5 Å². The molecule has 0 fully saturated rings. The van der Waals surface area contributed by atoms with Gasteiger partial charge in [-0.2, -0.15) is 9.97 Å². The van der Waals surface area contributed by atoms with Gasteiger partial charge in [-0.05, 0) is 36.2 Å². The van der Waals surface area contributed by atoms with Crippen molar-refractivity contribution in [2.45, 2.75) is 25.8 Å². The summed E-state index contributed by atoms with van der Waals surface area (Å²) in [6.07, 6.45) is 3.38. The minimum atomic E-state index is -1.15. The number of aliphatic hydroxyl groups excluding tert-OH is 2. The van der Waals surface area contributed by atoms with E-state index in [0.717, 1.165) is 5.56 Å². The fourth-order valence-corrected chi connectivity index (χ4v) is 4.76. The number of hydrogen-bond donors (Lipinski definition) is 5. The largest absolute Gasteiger partial charge is 0.476 e. The fourth-order valence-electron chi connectivity index (χ4n) is 4.76. The molecule has 5 N–H and O–H groups in total. The summed E-state index contributed by atoms with van der Waals surface area (Å²) in [4.78, 5) is 72.6. The highest BCUT2D eigenvalue weighted by Crippen LogP contribution is 2.24. The number of anilines is 1.